The van der Waals surface area contributed by atoms with Gasteiger partial charge in [0.05, 0.1) is 0 Å². The Bertz CT molecular complexity index is 639. The van der Waals surface area contributed by atoms with E-state index in [9.17, 15) is 0 Å². The third-order valence-electron chi connectivity index (χ3n) is 4.03. The number of aromatic nitrogens is 3. The highest BCUT2D eigenvalue weighted by atomic mass is 79.9. The van der Waals surface area contributed by atoms with Crippen molar-refractivity contribution < 1.29 is 0 Å². The van der Waals surface area contributed by atoms with Crippen LogP contribution in [0.25, 0.3) is 11.5 Å². The van der Waals surface area contributed by atoms with E-state index >= 15 is 0 Å². The lowest BCUT2D eigenvalue weighted by atomic mass is 9.86. The molecular formula is C16H19BrN4. The second kappa shape index (κ2) is 6.20. The summed E-state index contributed by atoms with van der Waals surface area (Å²) in [7, 11) is 2.02. The number of fused-ring (bicyclic) bond motifs is 1. The Balaban J connectivity index is 1.93. The maximum absolute atomic E-state index is 4.76. The predicted molar refractivity (Wildman–Crippen MR) is 87.1 cm³/mol. The van der Waals surface area contributed by atoms with E-state index in [4.69, 9.17) is 4.98 Å². The summed E-state index contributed by atoms with van der Waals surface area (Å²) in [6, 6.07) is 3.93. The third-order valence-corrected chi connectivity index (χ3v) is 4.50. The van der Waals surface area contributed by atoms with Gasteiger partial charge in [-0.1, -0.05) is 0 Å². The lowest BCUT2D eigenvalue weighted by Crippen LogP contribution is -2.26. The van der Waals surface area contributed by atoms with Crippen LogP contribution in [0.2, 0.25) is 0 Å². The smallest absolute Gasteiger partial charge is 0.178 e. The highest BCUT2D eigenvalue weighted by Crippen LogP contribution is 2.27. The number of pyridine rings is 1. The largest absolute Gasteiger partial charge is 0.319 e. The van der Waals surface area contributed by atoms with Gasteiger partial charge < -0.3 is 5.32 Å². The van der Waals surface area contributed by atoms with Gasteiger partial charge in [0.2, 0.25) is 0 Å². The molecule has 0 fully saturated rings. The fourth-order valence-electron chi connectivity index (χ4n) is 2.94. The molecule has 0 radical (unpaired) electrons. The first kappa shape index (κ1) is 14.6. The summed E-state index contributed by atoms with van der Waals surface area (Å²) in [5, 5.41) is 3.27. The quantitative estimate of drug-likeness (QED) is 0.928. The van der Waals surface area contributed by atoms with Crippen LogP contribution in [0.15, 0.2) is 22.8 Å². The molecule has 1 atom stereocenters. The Morgan fingerprint density at radius 3 is 2.90 bits per heavy atom. The molecule has 21 heavy (non-hydrogen) atoms. The first-order valence-corrected chi connectivity index (χ1v) is 8.09. The molecule has 0 amide bonds. The molecule has 0 aliphatic heterocycles. The third kappa shape index (κ3) is 3.14. The molecule has 4 nitrogen and oxygen atoms in total. The molecule has 1 unspecified atom stereocenters. The molecular weight excluding hydrogens is 328 g/mol. The number of nitrogens with zero attached hydrogens (tertiary/aromatic N) is 3. The van der Waals surface area contributed by atoms with Crippen LogP contribution in [0.1, 0.15) is 23.4 Å². The van der Waals surface area contributed by atoms with Gasteiger partial charge in [-0.25, -0.2) is 9.97 Å². The number of nitrogens with one attached hydrogen (secondary N) is 1. The molecule has 1 aliphatic rings. The van der Waals surface area contributed by atoms with Crippen molar-refractivity contribution in [2.24, 2.45) is 5.92 Å². The lowest BCUT2D eigenvalue weighted by Gasteiger charge is -2.25. The first-order valence-electron chi connectivity index (χ1n) is 7.30. The van der Waals surface area contributed by atoms with Crippen molar-refractivity contribution in [1.82, 2.24) is 20.3 Å². The molecule has 1 N–H and O–H groups in total. The van der Waals surface area contributed by atoms with E-state index in [2.05, 4.69) is 38.1 Å². The maximum Gasteiger partial charge on any atom is 0.178 e. The van der Waals surface area contributed by atoms with E-state index in [0.717, 1.165) is 41.1 Å². The van der Waals surface area contributed by atoms with Gasteiger partial charge in [0, 0.05) is 22.1 Å². The second-order valence-corrected chi connectivity index (χ2v) is 6.50. The highest BCUT2D eigenvalue weighted by Gasteiger charge is 2.22. The van der Waals surface area contributed by atoms with Crippen LogP contribution in [0, 0.1) is 12.8 Å². The molecule has 2 aromatic heterocycles. The molecule has 5 heteroatoms. The van der Waals surface area contributed by atoms with E-state index in [1.165, 1.54) is 17.7 Å². The molecule has 0 aromatic carbocycles. The fraction of sp³-hybridized carbons (Fsp3) is 0.438. The number of aryl methyl sites for hydroxylation is 2. The minimum Gasteiger partial charge on any atom is -0.319 e. The Morgan fingerprint density at radius 2 is 2.19 bits per heavy atom. The predicted octanol–water partition coefficient (Wildman–Crippen LogP) is 2.93. The van der Waals surface area contributed by atoms with E-state index in [0.29, 0.717) is 5.92 Å². The van der Waals surface area contributed by atoms with E-state index in [1.54, 1.807) is 6.20 Å². The van der Waals surface area contributed by atoms with E-state index in [-0.39, 0.29) is 0 Å². The number of halogens is 1. The molecule has 0 bridgehead atoms. The monoisotopic (exact) mass is 346 g/mol. The summed E-state index contributed by atoms with van der Waals surface area (Å²) in [5.41, 5.74) is 4.47. The lowest BCUT2D eigenvalue weighted by molar-refractivity contribution is 0.433. The van der Waals surface area contributed by atoms with Gasteiger partial charge >= 0.3 is 0 Å². The van der Waals surface area contributed by atoms with Gasteiger partial charge in [-0.15, -0.1) is 0 Å². The zero-order valence-corrected chi connectivity index (χ0v) is 13.9. The molecule has 0 spiro atoms. The van der Waals surface area contributed by atoms with Crippen molar-refractivity contribution in [3.05, 3.63) is 39.8 Å². The van der Waals surface area contributed by atoms with Crippen molar-refractivity contribution in [2.45, 2.75) is 26.2 Å². The Morgan fingerprint density at radius 1 is 1.33 bits per heavy atom. The van der Waals surface area contributed by atoms with Crippen LogP contribution in [0.5, 0.6) is 0 Å². The minimum atomic E-state index is 0.696. The SMILES string of the molecule is CNCC1CCc2nc(-c3ccc(Br)cn3)nc(C)c2C1. The summed E-state index contributed by atoms with van der Waals surface area (Å²) in [5.74, 6) is 1.44. The number of hydrogen-bond acceptors (Lipinski definition) is 4. The van der Waals surface area contributed by atoms with Gasteiger partial charge in [-0.3, -0.25) is 4.98 Å². The van der Waals surface area contributed by atoms with Crippen LogP contribution in [-0.4, -0.2) is 28.5 Å². The van der Waals surface area contributed by atoms with E-state index < -0.39 is 0 Å². The summed E-state index contributed by atoms with van der Waals surface area (Å²) in [6.45, 7) is 3.15. The average molecular weight is 347 g/mol. The molecule has 110 valence electrons. The summed E-state index contributed by atoms with van der Waals surface area (Å²) in [4.78, 5) is 13.8. The topological polar surface area (TPSA) is 50.7 Å². The number of hydrogen-bond donors (Lipinski definition) is 1. The molecule has 3 rings (SSSR count). The zero-order valence-electron chi connectivity index (χ0n) is 12.4. The van der Waals surface area contributed by atoms with Crippen LogP contribution in [-0.2, 0) is 12.8 Å². The molecule has 0 saturated heterocycles. The van der Waals surface area contributed by atoms with Gasteiger partial charge in [0.15, 0.2) is 5.82 Å². The van der Waals surface area contributed by atoms with Gasteiger partial charge in [0.25, 0.3) is 0 Å². The van der Waals surface area contributed by atoms with Crippen molar-refractivity contribution in [1.29, 1.82) is 0 Å². The van der Waals surface area contributed by atoms with Crippen LogP contribution in [0.3, 0.4) is 0 Å². The second-order valence-electron chi connectivity index (χ2n) is 5.59. The number of rotatable bonds is 3. The highest BCUT2D eigenvalue weighted by molar-refractivity contribution is 9.10. The summed E-state index contributed by atoms with van der Waals surface area (Å²) >= 11 is 3.40. The van der Waals surface area contributed by atoms with Crippen LogP contribution >= 0.6 is 15.9 Å². The van der Waals surface area contributed by atoms with Crippen LogP contribution < -0.4 is 5.32 Å². The summed E-state index contributed by atoms with van der Waals surface area (Å²) < 4.78 is 0.968. The van der Waals surface area contributed by atoms with Crippen molar-refractivity contribution in [3.8, 4) is 11.5 Å². The molecule has 0 saturated carbocycles. The Hall–Kier alpha value is -1.33. The average Bonchev–Trinajstić information content (AvgIpc) is 2.49. The standard InChI is InChI=1S/C16H19BrN4/c1-10-13-7-11(8-18-2)3-5-14(13)21-16(20-10)15-6-4-12(17)9-19-15/h4,6,9,11,18H,3,5,7-8H2,1-2H3. The van der Waals surface area contributed by atoms with Crippen molar-refractivity contribution in [3.63, 3.8) is 0 Å². The van der Waals surface area contributed by atoms with Gasteiger partial charge in [-0.05, 0) is 79.3 Å². The Kier molecular flexibility index (Phi) is 4.31. The molecule has 2 heterocycles. The van der Waals surface area contributed by atoms with E-state index in [1.807, 2.05) is 19.2 Å². The summed E-state index contributed by atoms with van der Waals surface area (Å²) in [6.07, 6.45) is 5.10. The zero-order chi connectivity index (χ0) is 14.8. The Labute approximate surface area is 133 Å². The van der Waals surface area contributed by atoms with Gasteiger partial charge in [0.1, 0.15) is 5.69 Å². The first-order chi connectivity index (χ1) is 10.2. The molecule has 2 aromatic rings. The van der Waals surface area contributed by atoms with Crippen molar-refractivity contribution in [2.75, 3.05) is 13.6 Å². The molecule has 1 aliphatic carbocycles. The maximum atomic E-state index is 4.76. The van der Waals surface area contributed by atoms with Crippen molar-refractivity contribution >= 4 is 15.9 Å². The fourth-order valence-corrected chi connectivity index (χ4v) is 3.18. The minimum absolute atomic E-state index is 0.696. The van der Waals surface area contributed by atoms with Gasteiger partial charge in [-0.2, -0.15) is 0 Å². The normalized spacial score (nSPS) is 17.6. The van der Waals surface area contributed by atoms with Crippen LogP contribution in [0.4, 0.5) is 0 Å².